The normalized spacial score (nSPS) is 12.2. The molecule has 1 unspecified atom stereocenters. The van der Waals surface area contributed by atoms with Crippen LogP contribution < -0.4 is 4.74 Å². The number of aromatic nitrogens is 2. The first-order valence-corrected chi connectivity index (χ1v) is 8.53. The Kier molecular flexibility index (Phi) is 4.40. The van der Waals surface area contributed by atoms with Crippen LogP contribution in [0.3, 0.4) is 0 Å². The molecule has 0 saturated carbocycles. The van der Waals surface area contributed by atoms with Crippen molar-refractivity contribution in [3.63, 3.8) is 0 Å². The molecule has 0 aliphatic rings. The topological polar surface area (TPSA) is 27.1 Å². The molecule has 1 aromatic heterocycles. The van der Waals surface area contributed by atoms with E-state index < -0.39 is 0 Å². The molecular formula is C21H17ClN2O. The summed E-state index contributed by atoms with van der Waals surface area (Å²) in [5.41, 5.74) is 1.13. The predicted molar refractivity (Wildman–Crippen MR) is 101 cm³/mol. The average Bonchev–Trinajstić information content (AvgIpc) is 3.16. The molecule has 4 rings (SSSR count). The van der Waals surface area contributed by atoms with E-state index >= 15 is 0 Å². The van der Waals surface area contributed by atoms with Gasteiger partial charge < -0.3 is 9.30 Å². The van der Waals surface area contributed by atoms with Crippen LogP contribution in [0, 0.1) is 0 Å². The molecular weight excluding hydrogens is 332 g/mol. The van der Waals surface area contributed by atoms with Gasteiger partial charge >= 0.3 is 0 Å². The van der Waals surface area contributed by atoms with Crippen molar-refractivity contribution in [1.29, 1.82) is 0 Å². The van der Waals surface area contributed by atoms with E-state index in [1.54, 1.807) is 12.5 Å². The third kappa shape index (κ3) is 3.37. The molecule has 0 aliphatic carbocycles. The molecule has 1 heterocycles. The molecule has 0 aliphatic heterocycles. The van der Waals surface area contributed by atoms with Crippen LogP contribution in [0.2, 0.25) is 5.02 Å². The van der Waals surface area contributed by atoms with Crippen LogP contribution in [-0.2, 0) is 6.54 Å². The first-order valence-electron chi connectivity index (χ1n) is 8.16. The maximum absolute atomic E-state index is 6.33. The molecule has 0 amide bonds. The quantitative estimate of drug-likeness (QED) is 0.475. The summed E-state index contributed by atoms with van der Waals surface area (Å²) in [6.07, 6.45) is 5.33. The largest absolute Gasteiger partial charge is 0.482 e. The number of nitrogens with zero attached hydrogens (tertiary/aromatic N) is 2. The summed E-state index contributed by atoms with van der Waals surface area (Å²) >= 11 is 6.31. The lowest BCUT2D eigenvalue weighted by atomic mass is 10.00. The minimum absolute atomic E-state index is 0.180. The Bertz CT molecular complexity index is 977. The Labute approximate surface area is 151 Å². The zero-order valence-electron chi connectivity index (χ0n) is 13.5. The zero-order valence-corrected chi connectivity index (χ0v) is 14.3. The Morgan fingerprint density at radius 2 is 1.76 bits per heavy atom. The van der Waals surface area contributed by atoms with E-state index in [0.717, 1.165) is 5.56 Å². The highest BCUT2D eigenvalue weighted by atomic mass is 35.5. The summed E-state index contributed by atoms with van der Waals surface area (Å²) in [6, 6.07) is 22.2. The Hall–Kier alpha value is -2.78. The highest BCUT2D eigenvalue weighted by molar-refractivity contribution is 6.32. The van der Waals surface area contributed by atoms with Gasteiger partial charge in [-0.2, -0.15) is 0 Å². The smallest absolute Gasteiger partial charge is 0.142 e. The third-order valence-corrected chi connectivity index (χ3v) is 4.52. The number of rotatable bonds is 5. The molecule has 1 atom stereocenters. The van der Waals surface area contributed by atoms with E-state index in [2.05, 4.69) is 41.4 Å². The first kappa shape index (κ1) is 15.7. The molecule has 0 radical (unpaired) electrons. The van der Waals surface area contributed by atoms with Gasteiger partial charge in [0.15, 0.2) is 0 Å². The monoisotopic (exact) mass is 348 g/mol. The maximum Gasteiger partial charge on any atom is 0.142 e. The van der Waals surface area contributed by atoms with Crippen LogP contribution in [0.1, 0.15) is 11.7 Å². The van der Waals surface area contributed by atoms with E-state index in [-0.39, 0.29) is 6.10 Å². The molecule has 4 aromatic rings. The van der Waals surface area contributed by atoms with Crippen molar-refractivity contribution in [3.05, 3.63) is 96.0 Å². The summed E-state index contributed by atoms with van der Waals surface area (Å²) < 4.78 is 8.35. The van der Waals surface area contributed by atoms with Gasteiger partial charge in [-0.15, -0.1) is 0 Å². The molecule has 4 heteroatoms. The van der Waals surface area contributed by atoms with Crippen molar-refractivity contribution in [2.75, 3.05) is 0 Å². The Morgan fingerprint density at radius 3 is 2.60 bits per heavy atom. The third-order valence-electron chi connectivity index (χ3n) is 4.21. The van der Waals surface area contributed by atoms with E-state index in [9.17, 15) is 0 Å². The highest BCUT2D eigenvalue weighted by Gasteiger charge is 2.18. The molecule has 0 fully saturated rings. The number of hydrogen-bond acceptors (Lipinski definition) is 2. The van der Waals surface area contributed by atoms with Crippen LogP contribution >= 0.6 is 11.6 Å². The highest BCUT2D eigenvalue weighted by Crippen LogP contribution is 2.32. The van der Waals surface area contributed by atoms with Gasteiger partial charge in [0.2, 0.25) is 0 Å². The zero-order chi connectivity index (χ0) is 17.1. The minimum Gasteiger partial charge on any atom is -0.482 e. The number of benzene rings is 3. The number of hydrogen-bond donors (Lipinski definition) is 0. The first-order chi connectivity index (χ1) is 12.3. The van der Waals surface area contributed by atoms with Gasteiger partial charge in [-0.1, -0.05) is 66.2 Å². The second-order valence-electron chi connectivity index (χ2n) is 5.86. The second kappa shape index (κ2) is 6.99. The average molecular weight is 349 g/mol. The fourth-order valence-electron chi connectivity index (χ4n) is 3.01. The van der Waals surface area contributed by atoms with Crippen molar-refractivity contribution in [1.82, 2.24) is 9.55 Å². The van der Waals surface area contributed by atoms with Crippen LogP contribution in [-0.4, -0.2) is 9.55 Å². The molecule has 0 spiro atoms. The van der Waals surface area contributed by atoms with Gasteiger partial charge in [0.05, 0.1) is 17.9 Å². The lowest BCUT2D eigenvalue weighted by Crippen LogP contribution is -2.15. The van der Waals surface area contributed by atoms with E-state index in [4.69, 9.17) is 16.3 Å². The van der Waals surface area contributed by atoms with Crippen LogP contribution in [0.5, 0.6) is 5.75 Å². The Balaban J connectivity index is 1.78. The molecule has 124 valence electrons. The standard InChI is InChI=1S/C21H17ClN2O/c22-19-10-3-4-11-20(19)25-21(14-24-13-12-23-15-24)18-9-5-7-16-6-1-2-8-17(16)18/h1-13,15,21H,14H2. The lowest BCUT2D eigenvalue weighted by Gasteiger charge is -2.22. The second-order valence-corrected chi connectivity index (χ2v) is 6.27. The summed E-state index contributed by atoms with van der Waals surface area (Å²) in [7, 11) is 0. The molecule has 0 bridgehead atoms. The van der Waals surface area contributed by atoms with Crippen molar-refractivity contribution in [2.24, 2.45) is 0 Å². The maximum atomic E-state index is 6.33. The fourth-order valence-corrected chi connectivity index (χ4v) is 3.19. The van der Waals surface area contributed by atoms with Crippen molar-refractivity contribution < 1.29 is 4.74 Å². The van der Waals surface area contributed by atoms with Crippen LogP contribution in [0.15, 0.2) is 85.5 Å². The summed E-state index contributed by atoms with van der Waals surface area (Å²) in [4.78, 5) is 4.14. The lowest BCUT2D eigenvalue weighted by molar-refractivity contribution is 0.185. The number of imidazole rings is 1. The van der Waals surface area contributed by atoms with Crippen molar-refractivity contribution in [2.45, 2.75) is 12.6 Å². The fraction of sp³-hybridized carbons (Fsp3) is 0.0952. The van der Waals surface area contributed by atoms with Gasteiger partial charge in [-0.3, -0.25) is 0 Å². The molecule has 0 N–H and O–H groups in total. The summed E-state index contributed by atoms with van der Waals surface area (Å²) in [5.74, 6) is 0.683. The summed E-state index contributed by atoms with van der Waals surface area (Å²) in [6.45, 7) is 0.652. The van der Waals surface area contributed by atoms with Gasteiger partial charge in [-0.05, 0) is 22.9 Å². The number of ether oxygens (including phenoxy) is 1. The SMILES string of the molecule is Clc1ccccc1OC(Cn1ccnc1)c1cccc2ccccc12. The predicted octanol–water partition coefficient (Wildman–Crippen LogP) is 5.51. The van der Waals surface area contributed by atoms with Gasteiger partial charge in [-0.25, -0.2) is 4.98 Å². The number of para-hydroxylation sites is 1. The molecule has 0 saturated heterocycles. The molecule has 3 aromatic carbocycles. The Morgan fingerprint density at radius 1 is 0.960 bits per heavy atom. The van der Waals surface area contributed by atoms with Crippen LogP contribution in [0.4, 0.5) is 0 Å². The molecule has 3 nitrogen and oxygen atoms in total. The van der Waals surface area contributed by atoms with Crippen molar-refractivity contribution in [3.8, 4) is 5.75 Å². The van der Waals surface area contributed by atoms with Gasteiger partial charge in [0.25, 0.3) is 0 Å². The van der Waals surface area contributed by atoms with Crippen molar-refractivity contribution >= 4 is 22.4 Å². The number of halogens is 1. The van der Waals surface area contributed by atoms with Gasteiger partial charge in [0.1, 0.15) is 11.9 Å². The van der Waals surface area contributed by atoms with E-state index in [0.29, 0.717) is 17.3 Å². The summed E-state index contributed by atoms with van der Waals surface area (Å²) in [5, 5.41) is 2.99. The van der Waals surface area contributed by atoms with Crippen LogP contribution in [0.25, 0.3) is 10.8 Å². The van der Waals surface area contributed by atoms with E-state index in [1.807, 2.05) is 41.1 Å². The molecule has 25 heavy (non-hydrogen) atoms. The van der Waals surface area contributed by atoms with Gasteiger partial charge in [0, 0.05) is 18.0 Å². The number of fused-ring (bicyclic) bond motifs is 1. The minimum atomic E-state index is -0.180. The van der Waals surface area contributed by atoms with E-state index in [1.165, 1.54) is 10.8 Å².